The van der Waals surface area contributed by atoms with E-state index in [2.05, 4.69) is 67.9 Å². The van der Waals surface area contributed by atoms with Crippen LogP contribution in [0, 0.1) is 5.92 Å². The number of hydrogen-bond acceptors (Lipinski definition) is 4. The molecule has 0 saturated heterocycles. The lowest BCUT2D eigenvalue weighted by Crippen LogP contribution is -2.31. The Bertz CT molecular complexity index is 1200. The van der Waals surface area contributed by atoms with Crippen LogP contribution >= 0.6 is 0 Å². The fraction of sp³-hybridized carbons (Fsp3) is 0.385. The van der Waals surface area contributed by atoms with Crippen molar-refractivity contribution in [3.8, 4) is 11.5 Å². The van der Waals surface area contributed by atoms with Gasteiger partial charge in [0.2, 0.25) is 0 Å². The molecule has 4 rings (SSSR count). The van der Waals surface area contributed by atoms with E-state index in [1.807, 2.05) is 25.1 Å². The van der Waals surface area contributed by atoms with E-state index in [9.17, 15) is 0 Å². The standard InChI is InChI=1S/C26H31N3O/c1-6-27-20-11-14-22-24(16-20)30-26-21-12-9-19(15-18(21)10-13-23(26)28-22)25(17(4)5)29(7-2)8-3/h9-17,25H,6-8H2,1-5H3. The molecule has 1 atom stereocenters. The summed E-state index contributed by atoms with van der Waals surface area (Å²) >= 11 is 0. The average Bonchev–Trinajstić information content (AvgIpc) is 2.75. The molecule has 1 unspecified atom stereocenters. The number of fused-ring (bicyclic) bond motifs is 4. The van der Waals surface area contributed by atoms with Crippen molar-refractivity contribution in [1.82, 2.24) is 9.88 Å². The molecule has 4 nitrogen and oxygen atoms in total. The molecule has 0 aromatic heterocycles. The molecule has 0 bridgehead atoms. The fourth-order valence-electron chi connectivity index (χ4n) is 4.52. The van der Waals surface area contributed by atoms with Crippen molar-refractivity contribution in [3.05, 3.63) is 59.5 Å². The van der Waals surface area contributed by atoms with Crippen LogP contribution in [0.2, 0.25) is 0 Å². The van der Waals surface area contributed by atoms with E-state index >= 15 is 0 Å². The molecule has 1 aliphatic carbocycles. The van der Waals surface area contributed by atoms with E-state index in [1.165, 1.54) is 10.9 Å². The first-order chi connectivity index (χ1) is 14.5. The Morgan fingerprint density at radius 1 is 0.967 bits per heavy atom. The minimum absolute atomic E-state index is 0.407. The molecule has 2 aliphatic rings. The Morgan fingerprint density at radius 3 is 2.47 bits per heavy atom. The largest absolute Gasteiger partial charge is 0.452 e. The number of rotatable bonds is 6. The summed E-state index contributed by atoms with van der Waals surface area (Å²) in [4.78, 5) is 11.8. The molecule has 0 amide bonds. The van der Waals surface area contributed by atoms with Crippen LogP contribution in [0.3, 0.4) is 0 Å². The number of benzene rings is 3. The predicted octanol–water partition coefficient (Wildman–Crippen LogP) is 6.05. The van der Waals surface area contributed by atoms with Crippen LogP contribution in [0.1, 0.15) is 46.2 Å². The van der Waals surface area contributed by atoms with Gasteiger partial charge in [0, 0.05) is 24.0 Å². The summed E-state index contributed by atoms with van der Waals surface area (Å²) in [5.74, 6) is 1.32. The smallest absolute Gasteiger partial charge is 0.160 e. The summed E-state index contributed by atoms with van der Waals surface area (Å²) in [7, 11) is 0. The first-order valence-electron chi connectivity index (χ1n) is 11.1. The summed E-state index contributed by atoms with van der Waals surface area (Å²) in [5, 5.41) is 3.22. The monoisotopic (exact) mass is 401 g/mol. The Morgan fingerprint density at radius 2 is 1.77 bits per heavy atom. The molecule has 2 aromatic carbocycles. The van der Waals surface area contributed by atoms with Crippen molar-refractivity contribution in [2.24, 2.45) is 10.9 Å². The second-order valence-corrected chi connectivity index (χ2v) is 8.14. The lowest BCUT2D eigenvalue weighted by Gasteiger charge is -2.33. The normalized spacial score (nSPS) is 13.9. The maximum atomic E-state index is 6.35. The van der Waals surface area contributed by atoms with E-state index < -0.39 is 0 Å². The highest BCUT2D eigenvalue weighted by molar-refractivity contribution is 6.03. The quantitative estimate of drug-likeness (QED) is 0.292. The molecular weight excluding hydrogens is 370 g/mol. The van der Waals surface area contributed by atoms with Gasteiger partial charge in [-0.2, -0.15) is 0 Å². The molecule has 30 heavy (non-hydrogen) atoms. The summed E-state index contributed by atoms with van der Waals surface area (Å²) in [5.41, 5.74) is 3.93. The van der Waals surface area contributed by atoms with Crippen LogP contribution in [-0.2, 0) is 0 Å². The van der Waals surface area contributed by atoms with Gasteiger partial charge in [0.25, 0.3) is 0 Å². The zero-order valence-electron chi connectivity index (χ0n) is 18.6. The average molecular weight is 402 g/mol. The molecule has 0 fully saturated rings. The van der Waals surface area contributed by atoms with Crippen LogP contribution in [-0.4, -0.2) is 29.5 Å². The van der Waals surface area contributed by atoms with Gasteiger partial charge in [-0.15, -0.1) is 0 Å². The summed E-state index contributed by atoms with van der Waals surface area (Å²) in [6, 6.07) is 17.4. The maximum Gasteiger partial charge on any atom is 0.160 e. The van der Waals surface area contributed by atoms with Gasteiger partial charge in [-0.1, -0.05) is 45.9 Å². The van der Waals surface area contributed by atoms with Gasteiger partial charge >= 0.3 is 0 Å². The van der Waals surface area contributed by atoms with Crippen molar-refractivity contribution >= 4 is 21.9 Å². The van der Waals surface area contributed by atoms with E-state index in [0.29, 0.717) is 12.0 Å². The van der Waals surface area contributed by atoms with Crippen LogP contribution in [0.4, 0.5) is 0 Å². The SMILES string of the molecule is CCN=c1ccc2nc3ccc4cc(C(C(C)C)N(CC)CC)ccc4c3oc-2c1. The molecule has 0 spiro atoms. The molecule has 1 aliphatic heterocycles. The Balaban J connectivity index is 1.89. The van der Waals surface area contributed by atoms with Crippen molar-refractivity contribution in [2.75, 3.05) is 19.6 Å². The number of aromatic nitrogens is 1. The zero-order valence-corrected chi connectivity index (χ0v) is 18.6. The summed E-state index contributed by atoms with van der Waals surface area (Å²) < 4.78 is 6.35. The van der Waals surface area contributed by atoms with Gasteiger partial charge in [0.1, 0.15) is 11.2 Å². The second kappa shape index (κ2) is 8.57. The summed E-state index contributed by atoms with van der Waals surface area (Å²) in [6.45, 7) is 14.0. The first-order valence-corrected chi connectivity index (χ1v) is 11.1. The van der Waals surface area contributed by atoms with Gasteiger partial charge in [0.15, 0.2) is 11.3 Å². The number of hydrogen-bond donors (Lipinski definition) is 0. The summed E-state index contributed by atoms with van der Waals surface area (Å²) in [6.07, 6.45) is 0. The fourth-order valence-corrected chi connectivity index (χ4v) is 4.52. The van der Waals surface area contributed by atoms with Crippen molar-refractivity contribution in [1.29, 1.82) is 0 Å². The van der Waals surface area contributed by atoms with E-state index in [4.69, 9.17) is 9.40 Å². The van der Waals surface area contributed by atoms with Gasteiger partial charge in [-0.3, -0.25) is 9.89 Å². The minimum Gasteiger partial charge on any atom is -0.452 e. The van der Waals surface area contributed by atoms with Crippen LogP contribution in [0.15, 0.2) is 57.9 Å². The zero-order chi connectivity index (χ0) is 21.3. The van der Waals surface area contributed by atoms with Crippen LogP contribution < -0.4 is 5.36 Å². The highest BCUT2D eigenvalue weighted by Gasteiger charge is 2.22. The topological polar surface area (TPSA) is 41.6 Å². The lowest BCUT2D eigenvalue weighted by molar-refractivity contribution is 0.172. The van der Waals surface area contributed by atoms with Gasteiger partial charge in [-0.05, 0) is 61.1 Å². The first kappa shape index (κ1) is 20.5. The Hall–Kier alpha value is -2.72. The molecule has 4 heteroatoms. The molecule has 1 heterocycles. The molecule has 2 aromatic rings. The van der Waals surface area contributed by atoms with E-state index in [0.717, 1.165) is 52.9 Å². The van der Waals surface area contributed by atoms with Crippen LogP contribution in [0.25, 0.3) is 33.3 Å². The third-order valence-electron chi connectivity index (χ3n) is 5.89. The minimum atomic E-state index is 0.407. The lowest BCUT2D eigenvalue weighted by atomic mass is 9.92. The van der Waals surface area contributed by atoms with E-state index in [-0.39, 0.29) is 0 Å². The Kier molecular flexibility index (Phi) is 5.87. The van der Waals surface area contributed by atoms with Crippen molar-refractivity contribution in [2.45, 2.75) is 40.7 Å². The molecule has 0 N–H and O–H groups in total. The third-order valence-corrected chi connectivity index (χ3v) is 5.89. The molecular formula is C26H31N3O. The molecule has 0 radical (unpaired) electrons. The highest BCUT2D eigenvalue weighted by Crippen LogP contribution is 2.34. The molecule has 156 valence electrons. The van der Waals surface area contributed by atoms with Gasteiger partial charge < -0.3 is 4.42 Å². The van der Waals surface area contributed by atoms with Gasteiger partial charge in [-0.25, -0.2) is 4.98 Å². The third kappa shape index (κ3) is 3.72. The van der Waals surface area contributed by atoms with Crippen molar-refractivity contribution in [3.63, 3.8) is 0 Å². The number of nitrogens with zero attached hydrogens (tertiary/aromatic N) is 3. The molecule has 0 saturated carbocycles. The van der Waals surface area contributed by atoms with E-state index in [1.54, 1.807) is 0 Å². The van der Waals surface area contributed by atoms with Gasteiger partial charge in [0.05, 0.1) is 5.36 Å². The predicted molar refractivity (Wildman–Crippen MR) is 125 cm³/mol. The maximum absolute atomic E-state index is 6.35. The van der Waals surface area contributed by atoms with Crippen LogP contribution in [0.5, 0.6) is 0 Å². The van der Waals surface area contributed by atoms with Crippen molar-refractivity contribution < 1.29 is 4.42 Å². The Labute approximate surface area is 178 Å². The second-order valence-electron chi connectivity index (χ2n) is 8.14. The highest BCUT2D eigenvalue weighted by atomic mass is 16.3.